The summed E-state index contributed by atoms with van der Waals surface area (Å²) in [7, 11) is -3.38. The molecule has 0 aromatic carbocycles. The van der Waals surface area contributed by atoms with Crippen molar-refractivity contribution in [2.24, 2.45) is 0 Å². The van der Waals surface area contributed by atoms with Gasteiger partial charge in [-0.3, -0.25) is 9.78 Å². The van der Waals surface area contributed by atoms with Gasteiger partial charge in [-0.15, -0.1) is 0 Å². The first-order chi connectivity index (χ1) is 11.1. The van der Waals surface area contributed by atoms with E-state index in [2.05, 4.69) is 9.71 Å². The number of nitrogens with one attached hydrogen (secondary N) is 1. The molecule has 1 aromatic rings. The predicted octanol–water partition coefficient (Wildman–Crippen LogP) is 1.55. The second-order valence-electron chi connectivity index (χ2n) is 6.37. The number of carbonyl (C=O) groups is 1. The van der Waals surface area contributed by atoms with E-state index in [4.69, 9.17) is 0 Å². The summed E-state index contributed by atoms with van der Waals surface area (Å²) in [5.74, 6) is -0.189. The van der Waals surface area contributed by atoms with Gasteiger partial charge in [-0.05, 0) is 37.8 Å². The third-order valence-corrected chi connectivity index (χ3v) is 6.60. The molecule has 1 saturated carbocycles. The van der Waals surface area contributed by atoms with Crippen molar-refractivity contribution >= 4 is 15.9 Å². The Balaban J connectivity index is 1.66. The van der Waals surface area contributed by atoms with Crippen LogP contribution in [0.4, 0.5) is 0 Å². The Labute approximate surface area is 137 Å². The van der Waals surface area contributed by atoms with E-state index in [0.717, 1.165) is 25.7 Å². The Morgan fingerprint density at radius 2 is 1.96 bits per heavy atom. The van der Waals surface area contributed by atoms with Crippen LogP contribution >= 0.6 is 0 Å². The molecule has 2 fully saturated rings. The van der Waals surface area contributed by atoms with Gasteiger partial charge in [0.15, 0.2) is 0 Å². The fraction of sp³-hybridized carbons (Fsp3) is 0.625. The van der Waals surface area contributed by atoms with Crippen LogP contribution in [-0.2, 0) is 10.0 Å². The highest BCUT2D eigenvalue weighted by Crippen LogP contribution is 2.22. The van der Waals surface area contributed by atoms with Gasteiger partial charge in [-0.1, -0.05) is 18.9 Å². The van der Waals surface area contributed by atoms with Crippen LogP contribution in [-0.4, -0.2) is 48.6 Å². The van der Waals surface area contributed by atoms with Crippen molar-refractivity contribution in [2.45, 2.75) is 49.8 Å². The molecule has 0 radical (unpaired) electrons. The van der Waals surface area contributed by atoms with Crippen molar-refractivity contribution in [1.29, 1.82) is 0 Å². The maximum absolute atomic E-state index is 12.6. The second-order valence-corrected chi connectivity index (χ2v) is 8.37. The minimum Gasteiger partial charge on any atom is -0.336 e. The fourth-order valence-electron chi connectivity index (χ4n) is 3.40. The normalized spacial score (nSPS) is 23.1. The molecule has 1 saturated heterocycles. The molecule has 1 aliphatic heterocycles. The number of sulfonamides is 1. The van der Waals surface area contributed by atoms with Gasteiger partial charge < -0.3 is 4.90 Å². The first-order valence-corrected chi connectivity index (χ1v) is 9.82. The van der Waals surface area contributed by atoms with Crippen LogP contribution in [0.25, 0.3) is 0 Å². The predicted molar refractivity (Wildman–Crippen MR) is 87.5 cm³/mol. The van der Waals surface area contributed by atoms with E-state index in [1.54, 1.807) is 29.3 Å². The van der Waals surface area contributed by atoms with Gasteiger partial charge in [0, 0.05) is 25.3 Å². The minimum absolute atomic E-state index is 0.0712. The number of hydrogen-bond acceptors (Lipinski definition) is 4. The maximum atomic E-state index is 12.6. The quantitative estimate of drug-likeness (QED) is 0.904. The van der Waals surface area contributed by atoms with Gasteiger partial charge in [-0.25, -0.2) is 13.1 Å². The van der Waals surface area contributed by atoms with Crippen molar-refractivity contribution in [1.82, 2.24) is 14.6 Å². The molecule has 1 aromatic heterocycles. The molecule has 3 rings (SSSR count). The van der Waals surface area contributed by atoms with Crippen LogP contribution in [0.2, 0.25) is 0 Å². The molecule has 1 N–H and O–H groups in total. The highest BCUT2D eigenvalue weighted by atomic mass is 32.2. The van der Waals surface area contributed by atoms with Crippen LogP contribution < -0.4 is 4.72 Å². The SMILES string of the molecule is O=C(c1ccccn1)N1CCC[C@@H](S(=O)(=O)NC2CCCC2)C1. The molecule has 1 atom stereocenters. The molecular weight excluding hydrogens is 314 g/mol. The zero-order chi connectivity index (χ0) is 16.3. The van der Waals surface area contributed by atoms with E-state index >= 15 is 0 Å². The van der Waals surface area contributed by atoms with Crippen LogP contribution in [0.3, 0.4) is 0 Å². The standard InChI is InChI=1S/C16H23N3O3S/c20-16(15-9-3-4-10-17-15)19-11-5-8-14(12-19)23(21,22)18-13-6-1-2-7-13/h3-4,9-10,13-14,18H,1-2,5-8,11-12H2/t14-/m1/s1. The van der Waals surface area contributed by atoms with Crippen molar-refractivity contribution in [2.75, 3.05) is 13.1 Å². The average Bonchev–Trinajstić information content (AvgIpc) is 3.07. The highest BCUT2D eigenvalue weighted by molar-refractivity contribution is 7.90. The summed E-state index contributed by atoms with van der Waals surface area (Å²) in [5, 5.41) is -0.524. The van der Waals surface area contributed by atoms with Crippen LogP contribution in [0.5, 0.6) is 0 Å². The first kappa shape index (κ1) is 16.4. The van der Waals surface area contributed by atoms with Gasteiger partial charge in [0.05, 0.1) is 5.25 Å². The summed E-state index contributed by atoms with van der Waals surface area (Å²) in [6.45, 7) is 0.836. The average molecular weight is 337 g/mol. The summed E-state index contributed by atoms with van der Waals surface area (Å²) in [5.41, 5.74) is 0.370. The van der Waals surface area contributed by atoms with E-state index in [-0.39, 0.29) is 18.5 Å². The summed E-state index contributed by atoms with van der Waals surface area (Å²) in [6.07, 6.45) is 6.89. The van der Waals surface area contributed by atoms with Crippen LogP contribution in [0.15, 0.2) is 24.4 Å². The maximum Gasteiger partial charge on any atom is 0.272 e. The zero-order valence-corrected chi connectivity index (χ0v) is 14.0. The molecule has 126 valence electrons. The number of amides is 1. The molecule has 2 aliphatic rings. The number of rotatable bonds is 4. The topological polar surface area (TPSA) is 79.4 Å². The van der Waals surface area contributed by atoms with E-state index in [1.165, 1.54) is 0 Å². The van der Waals surface area contributed by atoms with E-state index in [1.807, 2.05) is 0 Å². The lowest BCUT2D eigenvalue weighted by atomic mass is 10.1. The number of hydrogen-bond donors (Lipinski definition) is 1. The van der Waals surface area contributed by atoms with Gasteiger partial charge in [-0.2, -0.15) is 0 Å². The molecule has 23 heavy (non-hydrogen) atoms. The second kappa shape index (κ2) is 6.97. The Morgan fingerprint density at radius 1 is 1.17 bits per heavy atom. The summed E-state index contributed by atoms with van der Waals surface area (Å²) < 4.78 is 28.0. The Morgan fingerprint density at radius 3 is 2.65 bits per heavy atom. The molecule has 2 heterocycles. The number of carbonyl (C=O) groups excluding carboxylic acids is 1. The largest absolute Gasteiger partial charge is 0.336 e. The summed E-state index contributed by atoms with van der Waals surface area (Å²) in [6, 6.07) is 5.25. The third-order valence-electron chi connectivity index (χ3n) is 4.67. The third kappa shape index (κ3) is 3.90. The van der Waals surface area contributed by atoms with Gasteiger partial charge in [0.1, 0.15) is 5.69 Å². The van der Waals surface area contributed by atoms with Crippen molar-refractivity contribution in [3.63, 3.8) is 0 Å². The number of likely N-dealkylation sites (tertiary alicyclic amines) is 1. The first-order valence-electron chi connectivity index (χ1n) is 8.28. The monoisotopic (exact) mass is 337 g/mol. The molecule has 0 unspecified atom stereocenters. The summed E-state index contributed by atoms with van der Waals surface area (Å²) >= 11 is 0. The molecular formula is C16H23N3O3S. The zero-order valence-electron chi connectivity index (χ0n) is 13.1. The van der Waals surface area contributed by atoms with Crippen molar-refractivity contribution in [3.05, 3.63) is 30.1 Å². The number of piperidine rings is 1. The van der Waals surface area contributed by atoms with E-state index in [0.29, 0.717) is 25.1 Å². The fourth-order valence-corrected chi connectivity index (χ4v) is 5.15. The number of pyridine rings is 1. The lowest BCUT2D eigenvalue weighted by molar-refractivity contribution is 0.0720. The molecule has 0 bridgehead atoms. The van der Waals surface area contributed by atoms with Crippen LogP contribution in [0.1, 0.15) is 49.0 Å². The minimum atomic E-state index is -3.38. The number of aromatic nitrogens is 1. The molecule has 6 nitrogen and oxygen atoms in total. The lowest BCUT2D eigenvalue weighted by Crippen LogP contribution is -2.50. The van der Waals surface area contributed by atoms with Crippen LogP contribution in [0, 0.1) is 0 Å². The molecule has 0 spiro atoms. The van der Waals surface area contributed by atoms with Gasteiger partial charge in [0.2, 0.25) is 10.0 Å². The Hall–Kier alpha value is -1.47. The van der Waals surface area contributed by atoms with Crippen molar-refractivity contribution in [3.8, 4) is 0 Å². The van der Waals surface area contributed by atoms with Crippen molar-refractivity contribution < 1.29 is 13.2 Å². The van der Waals surface area contributed by atoms with E-state index in [9.17, 15) is 13.2 Å². The van der Waals surface area contributed by atoms with E-state index < -0.39 is 15.3 Å². The Bertz CT molecular complexity index is 642. The molecule has 1 aliphatic carbocycles. The molecule has 7 heteroatoms. The highest BCUT2D eigenvalue weighted by Gasteiger charge is 2.34. The van der Waals surface area contributed by atoms with Gasteiger partial charge in [0.25, 0.3) is 5.91 Å². The summed E-state index contributed by atoms with van der Waals surface area (Å²) in [4.78, 5) is 18.1. The Kier molecular flexibility index (Phi) is 4.96. The molecule has 1 amide bonds. The number of nitrogens with zero attached hydrogens (tertiary/aromatic N) is 2. The smallest absolute Gasteiger partial charge is 0.272 e. The lowest BCUT2D eigenvalue weighted by Gasteiger charge is -2.32. The van der Waals surface area contributed by atoms with Gasteiger partial charge >= 0.3 is 0 Å².